The fourth-order valence-corrected chi connectivity index (χ4v) is 3.98. The third-order valence-corrected chi connectivity index (χ3v) is 6.08. The van der Waals surface area contributed by atoms with Crippen LogP contribution in [-0.2, 0) is 9.59 Å². The third-order valence-electron chi connectivity index (χ3n) is 6.08. The highest BCUT2D eigenvalue weighted by molar-refractivity contribution is 5.94. The first-order valence-electron chi connectivity index (χ1n) is 11.8. The van der Waals surface area contributed by atoms with E-state index in [0.717, 1.165) is 46.5 Å². The Morgan fingerprint density at radius 1 is 0.857 bits per heavy atom. The smallest absolute Gasteiger partial charge is 0.309 e. The Kier molecular flexibility index (Phi) is 5.95. The van der Waals surface area contributed by atoms with Crippen molar-refractivity contribution in [3.8, 4) is 34.0 Å². The summed E-state index contributed by atoms with van der Waals surface area (Å²) in [6, 6.07) is 23.6. The molecule has 0 aliphatic heterocycles. The molecule has 0 bridgehead atoms. The second kappa shape index (κ2) is 9.22. The van der Waals surface area contributed by atoms with Crippen molar-refractivity contribution in [1.29, 1.82) is 0 Å². The normalized spacial score (nSPS) is 12.9. The fraction of sp³-hybridized carbons (Fsp3) is 0.207. The first-order chi connectivity index (χ1) is 16.9. The fourth-order valence-electron chi connectivity index (χ4n) is 3.98. The van der Waals surface area contributed by atoms with Crippen LogP contribution in [0.1, 0.15) is 30.9 Å². The number of carbonyl (C=O) groups is 2. The topological polar surface area (TPSA) is 73.2 Å². The van der Waals surface area contributed by atoms with Gasteiger partial charge in [-0.15, -0.1) is 0 Å². The van der Waals surface area contributed by atoms with Crippen LogP contribution in [0.5, 0.6) is 5.88 Å². The van der Waals surface area contributed by atoms with E-state index >= 15 is 0 Å². The first-order valence-corrected chi connectivity index (χ1v) is 11.8. The Balaban J connectivity index is 1.65. The number of anilines is 1. The van der Waals surface area contributed by atoms with Gasteiger partial charge in [0, 0.05) is 24.1 Å². The molecule has 1 aliphatic rings. The monoisotopic (exact) mass is 465 g/mol. The Bertz CT molecular complexity index is 1380. The molecule has 1 saturated carbocycles. The van der Waals surface area contributed by atoms with Crippen LogP contribution in [0.3, 0.4) is 0 Å². The highest BCUT2D eigenvalue weighted by Crippen LogP contribution is 2.41. The van der Waals surface area contributed by atoms with Crippen molar-refractivity contribution in [2.75, 3.05) is 5.32 Å². The number of aromatic nitrogens is 2. The summed E-state index contributed by atoms with van der Waals surface area (Å²) in [5.41, 5.74) is 6.96. The van der Waals surface area contributed by atoms with Crippen LogP contribution in [0.2, 0.25) is 0 Å². The Hall–Kier alpha value is -4.19. The van der Waals surface area contributed by atoms with Gasteiger partial charge in [0.1, 0.15) is 5.69 Å². The molecule has 1 amide bonds. The Labute approximate surface area is 204 Å². The van der Waals surface area contributed by atoms with Gasteiger partial charge in [-0.1, -0.05) is 59.7 Å². The molecule has 0 spiro atoms. The van der Waals surface area contributed by atoms with Crippen LogP contribution in [0.25, 0.3) is 28.1 Å². The second-order valence-electron chi connectivity index (χ2n) is 9.08. The summed E-state index contributed by atoms with van der Waals surface area (Å²) in [5, 5.41) is 7.88. The van der Waals surface area contributed by atoms with Gasteiger partial charge in [0.05, 0.1) is 11.3 Å². The lowest BCUT2D eigenvalue weighted by molar-refractivity contribution is -0.132. The summed E-state index contributed by atoms with van der Waals surface area (Å²) in [4.78, 5) is 24.3. The van der Waals surface area contributed by atoms with E-state index in [-0.39, 0.29) is 11.8 Å². The summed E-state index contributed by atoms with van der Waals surface area (Å²) in [7, 11) is 0. The minimum atomic E-state index is -0.428. The van der Waals surface area contributed by atoms with Gasteiger partial charge in [0.2, 0.25) is 11.8 Å². The SMILES string of the molecule is CC(=O)Oc1c(-c2ccc(NC(=O)C3CC3)cc2)c(-c2ccc(C)cc2)nn1-c1ccc(C)cc1. The molecule has 176 valence electrons. The van der Waals surface area contributed by atoms with Crippen molar-refractivity contribution in [2.24, 2.45) is 5.92 Å². The van der Waals surface area contributed by atoms with Gasteiger partial charge in [-0.05, 0) is 56.5 Å². The maximum absolute atomic E-state index is 12.2. The van der Waals surface area contributed by atoms with Crippen molar-refractivity contribution in [3.05, 3.63) is 83.9 Å². The molecule has 1 aromatic heterocycles. The lowest BCUT2D eigenvalue weighted by atomic mass is 10.00. The number of nitrogens with zero attached hydrogens (tertiary/aromatic N) is 2. The first kappa shape index (κ1) is 22.6. The van der Waals surface area contributed by atoms with Crippen LogP contribution in [0.15, 0.2) is 72.8 Å². The number of aryl methyl sites for hydroxylation is 2. The molecular formula is C29H27N3O3. The second-order valence-corrected chi connectivity index (χ2v) is 9.08. The van der Waals surface area contributed by atoms with E-state index in [9.17, 15) is 9.59 Å². The van der Waals surface area contributed by atoms with Crippen molar-refractivity contribution in [2.45, 2.75) is 33.6 Å². The van der Waals surface area contributed by atoms with Crippen LogP contribution in [0.4, 0.5) is 5.69 Å². The molecule has 5 rings (SSSR count). The summed E-state index contributed by atoms with van der Waals surface area (Å²) in [6.45, 7) is 5.44. The van der Waals surface area contributed by atoms with Crippen molar-refractivity contribution < 1.29 is 14.3 Å². The summed E-state index contributed by atoms with van der Waals surface area (Å²) in [6.07, 6.45) is 1.90. The average molecular weight is 466 g/mol. The quantitative estimate of drug-likeness (QED) is 0.349. The molecule has 0 unspecified atom stereocenters. The standard InChI is InChI=1S/C29H27N3O3/c1-18-4-8-22(9-5-18)27-26(21-12-14-24(15-13-21)30-28(34)23-10-11-23)29(35-20(3)33)32(31-27)25-16-6-19(2)7-17-25/h4-9,12-17,23H,10-11H2,1-3H3,(H,30,34). The van der Waals surface area contributed by atoms with Crippen LogP contribution >= 0.6 is 0 Å². The molecule has 1 heterocycles. The van der Waals surface area contributed by atoms with Crippen LogP contribution in [-0.4, -0.2) is 21.7 Å². The minimum absolute atomic E-state index is 0.0610. The summed E-state index contributed by atoms with van der Waals surface area (Å²) < 4.78 is 7.44. The lowest BCUT2D eigenvalue weighted by Crippen LogP contribution is -2.13. The largest absolute Gasteiger partial charge is 0.407 e. The number of amides is 1. The third kappa shape index (κ3) is 4.87. The highest BCUT2D eigenvalue weighted by Gasteiger charge is 2.29. The van der Waals surface area contributed by atoms with Gasteiger partial charge in [-0.3, -0.25) is 9.59 Å². The molecule has 0 radical (unpaired) electrons. The van der Waals surface area contributed by atoms with Gasteiger partial charge < -0.3 is 10.1 Å². The molecular weight excluding hydrogens is 438 g/mol. The zero-order valence-electron chi connectivity index (χ0n) is 20.0. The molecule has 0 saturated heterocycles. The molecule has 4 aromatic rings. The predicted molar refractivity (Wildman–Crippen MR) is 137 cm³/mol. The molecule has 1 aliphatic carbocycles. The zero-order chi connectivity index (χ0) is 24.5. The summed E-state index contributed by atoms with van der Waals surface area (Å²) in [5.74, 6) is 0.118. The molecule has 1 N–H and O–H groups in total. The van der Waals surface area contributed by atoms with Crippen molar-refractivity contribution >= 4 is 17.6 Å². The predicted octanol–water partition coefficient (Wildman–Crippen LogP) is 6.10. The number of rotatable bonds is 6. The van der Waals surface area contributed by atoms with Gasteiger partial charge in [0.15, 0.2) is 0 Å². The maximum Gasteiger partial charge on any atom is 0.309 e. The molecule has 1 fully saturated rings. The summed E-state index contributed by atoms with van der Waals surface area (Å²) >= 11 is 0. The van der Waals surface area contributed by atoms with E-state index in [0.29, 0.717) is 17.1 Å². The van der Waals surface area contributed by atoms with Crippen molar-refractivity contribution in [1.82, 2.24) is 9.78 Å². The molecule has 35 heavy (non-hydrogen) atoms. The number of carbonyl (C=O) groups excluding carboxylic acids is 2. The van der Waals surface area contributed by atoms with E-state index in [1.54, 1.807) is 4.68 Å². The van der Waals surface area contributed by atoms with E-state index in [1.807, 2.05) is 86.6 Å². The number of nitrogens with one attached hydrogen (secondary N) is 1. The van der Waals surface area contributed by atoms with Gasteiger partial charge >= 0.3 is 5.97 Å². The number of hydrogen-bond acceptors (Lipinski definition) is 4. The van der Waals surface area contributed by atoms with Crippen molar-refractivity contribution in [3.63, 3.8) is 0 Å². The molecule has 6 heteroatoms. The number of esters is 1. The number of benzene rings is 3. The average Bonchev–Trinajstić information content (AvgIpc) is 3.63. The van der Waals surface area contributed by atoms with Crippen LogP contribution < -0.4 is 10.1 Å². The van der Waals surface area contributed by atoms with Gasteiger partial charge in [-0.25, -0.2) is 0 Å². The van der Waals surface area contributed by atoms with E-state index in [4.69, 9.17) is 9.84 Å². The number of hydrogen-bond donors (Lipinski definition) is 1. The zero-order valence-corrected chi connectivity index (χ0v) is 20.0. The lowest BCUT2D eigenvalue weighted by Gasteiger charge is -2.10. The molecule has 3 aromatic carbocycles. The number of ether oxygens (including phenoxy) is 1. The highest BCUT2D eigenvalue weighted by atomic mass is 16.5. The van der Waals surface area contributed by atoms with E-state index in [2.05, 4.69) is 5.32 Å². The van der Waals surface area contributed by atoms with Crippen LogP contribution in [0, 0.1) is 19.8 Å². The maximum atomic E-state index is 12.2. The van der Waals surface area contributed by atoms with E-state index < -0.39 is 5.97 Å². The molecule has 6 nitrogen and oxygen atoms in total. The Morgan fingerprint density at radius 3 is 2.00 bits per heavy atom. The Morgan fingerprint density at radius 2 is 1.43 bits per heavy atom. The minimum Gasteiger partial charge on any atom is -0.407 e. The van der Waals surface area contributed by atoms with Gasteiger partial charge in [0.25, 0.3) is 0 Å². The van der Waals surface area contributed by atoms with Gasteiger partial charge in [-0.2, -0.15) is 9.78 Å². The van der Waals surface area contributed by atoms with E-state index in [1.165, 1.54) is 6.92 Å². The molecule has 0 atom stereocenters.